The molecule has 0 N–H and O–H groups in total. The van der Waals surface area contributed by atoms with Crippen molar-refractivity contribution < 1.29 is 22.7 Å². The van der Waals surface area contributed by atoms with Crippen LogP contribution in [-0.4, -0.2) is 18.8 Å². The number of halogens is 3. The van der Waals surface area contributed by atoms with E-state index in [0.29, 0.717) is 6.42 Å². The molecule has 2 nitrogen and oxygen atoms in total. The molecule has 0 aliphatic carbocycles. The molecule has 0 rings (SSSR count). The molecule has 5 heteroatoms. The Kier molecular flexibility index (Phi) is 19.1. The molecule has 0 radical (unpaired) electrons. The highest BCUT2D eigenvalue weighted by atomic mass is 19.4. The van der Waals surface area contributed by atoms with Crippen LogP contribution in [0.4, 0.5) is 13.2 Å². The van der Waals surface area contributed by atoms with Crippen molar-refractivity contribution in [2.75, 3.05) is 6.61 Å². The molecule has 0 bridgehead atoms. The van der Waals surface area contributed by atoms with Crippen molar-refractivity contribution in [3.8, 4) is 0 Å². The first-order valence-electron chi connectivity index (χ1n) is 11.7. The predicted molar refractivity (Wildman–Crippen MR) is 110 cm³/mol. The maximum atomic E-state index is 11.9. The van der Waals surface area contributed by atoms with E-state index in [4.69, 9.17) is 0 Å². The number of hydrogen-bond acceptors (Lipinski definition) is 2. The summed E-state index contributed by atoms with van der Waals surface area (Å²) < 4.78 is 39.9. The van der Waals surface area contributed by atoms with Crippen LogP contribution >= 0.6 is 0 Å². The van der Waals surface area contributed by atoms with Gasteiger partial charge in [0.05, 0.1) is 0 Å². The smallest absolute Gasteiger partial charge is 0.422 e. The van der Waals surface area contributed by atoms with Gasteiger partial charge in [0.2, 0.25) is 0 Å². The summed E-state index contributed by atoms with van der Waals surface area (Å²) in [6.07, 6.45) is 18.4. The SMILES string of the molecule is CCCCCCCCCCCCCCCCCCCCC(=O)OCC(F)(F)F. The fourth-order valence-corrected chi connectivity index (χ4v) is 3.41. The molecule has 0 heterocycles. The molecule has 0 aromatic carbocycles. The average Bonchev–Trinajstić information content (AvgIpc) is 2.65. The number of unbranched alkanes of at least 4 members (excludes halogenated alkanes) is 17. The summed E-state index contributed by atoms with van der Waals surface area (Å²) in [5, 5.41) is 0. The number of esters is 1. The Morgan fingerprint density at radius 3 is 1.25 bits per heavy atom. The maximum absolute atomic E-state index is 11.9. The second kappa shape index (κ2) is 19.6. The van der Waals surface area contributed by atoms with Crippen molar-refractivity contribution in [2.24, 2.45) is 0 Å². The van der Waals surface area contributed by atoms with Crippen LogP contribution in [0.15, 0.2) is 0 Å². The zero-order chi connectivity index (χ0) is 20.9. The number of alkyl halides is 3. The summed E-state index contributed by atoms with van der Waals surface area (Å²) >= 11 is 0. The van der Waals surface area contributed by atoms with Crippen LogP contribution in [0.25, 0.3) is 0 Å². The number of carbonyl (C=O) groups excluding carboxylic acids is 1. The second-order valence-corrected chi connectivity index (χ2v) is 8.04. The molecule has 0 saturated carbocycles. The first-order chi connectivity index (χ1) is 13.5. The molecule has 0 aliphatic rings. The number of carbonyl (C=O) groups is 1. The van der Waals surface area contributed by atoms with E-state index in [1.165, 1.54) is 89.9 Å². The highest BCUT2D eigenvalue weighted by Gasteiger charge is 2.29. The Morgan fingerprint density at radius 1 is 0.607 bits per heavy atom. The molecule has 0 aromatic rings. The molecule has 0 saturated heterocycles. The van der Waals surface area contributed by atoms with E-state index >= 15 is 0 Å². The van der Waals surface area contributed by atoms with E-state index in [0.717, 1.165) is 19.3 Å². The Morgan fingerprint density at radius 2 is 0.929 bits per heavy atom. The Balaban J connectivity index is 3.13. The lowest BCUT2D eigenvalue weighted by atomic mass is 10.0. The van der Waals surface area contributed by atoms with Crippen molar-refractivity contribution in [2.45, 2.75) is 135 Å². The normalized spacial score (nSPS) is 11.7. The minimum Gasteiger partial charge on any atom is -0.456 e. The lowest BCUT2D eigenvalue weighted by molar-refractivity contribution is -0.186. The molecule has 168 valence electrons. The van der Waals surface area contributed by atoms with Gasteiger partial charge in [-0.1, -0.05) is 116 Å². The zero-order valence-corrected chi connectivity index (χ0v) is 18.1. The van der Waals surface area contributed by atoms with Crippen LogP contribution in [0.3, 0.4) is 0 Å². The van der Waals surface area contributed by atoms with Crippen molar-refractivity contribution in [1.82, 2.24) is 0 Å². The Hall–Kier alpha value is -0.740. The number of ether oxygens (including phenoxy) is 1. The van der Waals surface area contributed by atoms with Crippen molar-refractivity contribution >= 4 is 5.97 Å². The molecular formula is C23H43F3O2. The molecule has 0 atom stereocenters. The molecule has 0 fully saturated rings. The van der Waals surface area contributed by atoms with Gasteiger partial charge >= 0.3 is 12.1 Å². The van der Waals surface area contributed by atoms with Gasteiger partial charge in [-0.15, -0.1) is 0 Å². The molecule has 0 unspecified atom stereocenters. The average molecular weight is 409 g/mol. The van der Waals surface area contributed by atoms with Gasteiger partial charge in [0.1, 0.15) is 0 Å². The topological polar surface area (TPSA) is 26.3 Å². The number of hydrogen-bond donors (Lipinski definition) is 0. The third-order valence-corrected chi connectivity index (χ3v) is 5.13. The van der Waals surface area contributed by atoms with Gasteiger partial charge in [-0.2, -0.15) is 13.2 Å². The summed E-state index contributed by atoms with van der Waals surface area (Å²) in [5.74, 6) is -0.742. The van der Waals surface area contributed by atoms with E-state index in [1.807, 2.05) is 0 Å². The van der Waals surface area contributed by atoms with Crippen LogP contribution in [-0.2, 0) is 9.53 Å². The summed E-state index contributed by atoms with van der Waals surface area (Å²) in [6.45, 7) is 0.791. The van der Waals surface area contributed by atoms with Crippen molar-refractivity contribution in [1.29, 1.82) is 0 Å². The lowest BCUT2D eigenvalue weighted by Crippen LogP contribution is -2.20. The molecule has 0 aliphatic heterocycles. The lowest BCUT2D eigenvalue weighted by Gasteiger charge is -2.07. The van der Waals surface area contributed by atoms with Crippen LogP contribution < -0.4 is 0 Å². The molecule has 28 heavy (non-hydrogen) atoms. The third kappa shape index (κ3) is 23.3. The number of rotatable bonds is 20. The van der Waals surface area contributed by atoms with Gasteiger partial charge in [0.15, 0.2) is 6.61 Å². The first kappa shape index (κ1) is 27.3. The predicted octanol–water partition coefficient (Wildman–Crippen LogP) is 8.52. The van der Waals surface area contributed by atoms with E-state index < -0.39 is 18.8 Å². The van der Waals surface area contributed by atoms with E-state index in [1.54, 1.807) is 0 Å². The quantitative estimate of drug-likeness (QED) is 0.149. The molecule has 0 aromatic heterocycles. The molecular weight excluding hydrogens is 365 g/mol. The summed E-state index contributed by atoms with van der Waals surface area (Å²) in [6, 6.07) is 0. The second-order valence-electron chi connectivity index (χ2n) is 8.04. The summed E-state index contributed by atoms with van der Waals surface area (Å²) in [4.78, 5) is 11.1. The van der Waals surface area contributed by atoms with Gasteiger partial charge in [-0.3, -0.25) is 4.79 Å². The van der Waals surface area contributed by atoms with E-state index in [-0.39, 0.29) is 6.42 Å². The zero-order valence-electron chi connectivity index (χ0n) is 18.1. The minimum absolute atomic E-state index is 0.0921. The van der Waals surface area contributed by atoms with Gasteiger partial charge in [0, 0.05) is 6.42 Å². The summed E-state index contributed by atoms with van der Waals surface area (Å²) in [7, 11) is 0. The molecule has 0 spiro atoms. The van der Waals surface area contributed by atoms with Crippen molar-refractivity contribution in [3.63, 3.8) is 0 Å². The van der Waals surface area contributed by atoms with Gasteiger partial charge in [0.25, 0.3) is 0 Å². The maximum Gasteiger partial charge on any atom is 0.422 e. The van der Waals surface area contributed by atoms with Crippen LogP contribution in [0.1, 0.15) is 129 Å². The first-order valence-corrected chi connectivity index (χ1v) is 11.7. The van der Waals surface area contributed by atoms with Gasteiger partial charge in [-0.25, -0.2) is 0 Å². The highest BCUT2D eigenvalue weighted by Crippen LogP contribution is 2.16. The van der Waals surface area contributed by atoms with Crippen LogP contribution in [0, 0.1) is 0 Å². The summed E-state index contributed by atoms with van der Waals surface area (Å²) in [5.41, 5.74) is 0. The van der Waals surface area contributed by atoms with Gasteiger partial charge in [-0.05, 0) is 6.42 Å². The monoisotopic (exact) mass is 408 g/mol. The van der Waals surface area contributed by atoms with Crippen molar-refractivity contribution in [3.05, 3.63) is 0 Å². The van der Waals surface area contributed by atoms with E-state index in [9.17, 15) is 18.0 Å². The largest absolute Gasteiger partial charge is 0.456 e. The fraction of sp³-hybridized carbons (Fsp3) is 0.957. The standard InChI is InChI=1S/C23H43F3O2/c1-2-3-4-5-6-7-8-9-10-11-12-13-14-15-16-17-18-19-20-22(27)28-21-23(24,25)26/h2-21H2,1H3. The highest BCUT2D eigenvalue weighted by molar-refractivity contribution is 5.69. The molecule has 0 amide bonds. The van der Waals surface area contributed by atoms with E-state index in [2.05, 4.69) is 11.7 Å². The fourth-order valence-electron chi connectivity index (χ4n) is 3.41. The van der Waals surface area contributed by atoms with Gasteiger partial charge < -0.3 is 4.74 Å². The third-order valence-electron chi connectivity index (χ3n) is 5.13. The minimum atomic E-state index is -4.43. The Bertz CT molecular complexity index is 343. The Labute approximate surface area is 171 Å². The van der Waals surface area contributed by atoms with Crippen LogP contribution in [0.2, 0.25) is 0 Å². The van der Waals surface area contributed by atoms with Crippen LogP contribution in [0.5, 0.6) is 0 Å².